The Morgan fingerprint density at radius 3 is 2.50 bits per heavy atom. The van der Waals surface area contributed by atoms with Gasteiger partial charge in [0, 0.05) is 11.7 Å². The first-order chi connectivity index (χ1) is 13.4. The SMILES string of the molecule is CC(C)Oc1ccccc1NC(=O)C1(C(=O)N2c3ccccc3CC2C)CC1. The number of rotatable bonds is 5. The van der Waals surface area contributed by atoms with Gasteiger partial charge in [0.05, 0.1) is 11.8 Å². The Hall–Kier alpha value is -2.82. The number of benzene rings is 2. The number of carbonyl (C=O) groups is 2. The van der Waals surface area contributed by atoms with E-state index >= 15 is 0 Å². The molecule has 2 aromatic rings. The first-order valence-electron chi connectivity index (χ1n) is 9.91. The van der Waals surface area contributed by atoms with E-state index < -0.39 is 5.41 Å². The molecule has 1 heterocycles. The summed E-state index contributed by atoms with van der Waals surface area (Å²) in [6, 6.07) is 15.4. The number of para-hydroxylation sites is 3. The van der Waals surface area contributed by atoms with E-state index in [1.807, 2.05) is 68.1 Å². The number of hydrogen-bond acceptors (Lipinski definition) is 3. The summed E-state index contributed by atoms with van der Waals surface area (Å²) in [6.07, 6.45) is 1.98. The summed E-state index contributed by atoms with van der Waals surface area (Å²) < 4.78 is 5.79. The van der Waals surface area contributed by atoms with Gasteiger partial charge in [0.15, 0.2) is 0 Å². The van der Waals surface area contributed by atoms with Crippen LogP contribution in [0.4, 0.5) is 11.4 Å². The average molecular weight is 378 g/mol. The van der Waals surface area contributed by atoms with Gasteiger partial charge in [-0.3, -0.25) is 9.59 Å². The van der Waals surface area contributed by atoms with Gasteiger partial charge in [-0.1, -0.05) is 30.3 Å². The van der Waals surface area contributed by atoms with Crippen LogP contribution in [0, 0.1) is 5.41 Å². The van der Waals surface area contributed by atoms with Gasteiger partial charge < -0.3 is 15.0 Å². The van der Waals surface area contributed by atoms with E-state index in [1.54, 1.807) is 0 Å². The molecule has 146 valence electrons. The molecule has 1 aliphatic heterocycles. The molecule has 1 saturated carbocycles. The highest BCUT2D eigenvalue weighted by atomic mass is 16.5. The van der Waals surface area contributed by atoms with Gasteiger partial charge in [0.2, 0.25) is 11.8 Å². The van der Waals surface area contributed by atoms with E-state index in [2.05, 4.69) is 11.4 Å². The quantitative estimate of drug-likeness (QED) is 0.795. The molecule has 28 heavy (non-hydrogen) atoms. The number of ether oxygens (including phenoxy) is 1. The zero-order chi connectivity index (χ0) is 19.9. The predicted molar refractivity (Wildman–Crippen MR) is 110 cm³/mol. The summed E-state index contributed by atoms with van der Waals surface area (Å²) in [4.78, 5) is 28.4. The van der Waals surface area contributed by atoms with Gasteiger partial charge >= 0.3 is 0 Å². The van der Waals surface area contributed by atoms with E-state index in [-0.39, 0.29) is 24.0 Å². The molecule has 5 heteroatoms. The van der Waals surface area contributed by atoms with Crippen LogP contribution in [-0.2, 0) is 16.0 Å². The lowest BCUT2D eigenvalue weighted by atomic mass is 10.0. The number of carbonyl (C=O) groups excluding carboxylic acids is 2. The lowest BCUT2D eigenvalue weighted by Crippen LogP contribution is -2.45. The monoisotopic (exact) mass is 378 g/mol. The van der Waals surface area contributed by atoms with Gasteiger partial charge in [-0.05, 0) is 63.8 Å². The van der Waals surface area contributed by atoms with E-state index in [9.17, 15) is 9.59 Å². The second-order valence-electron chi connectivity index (χ2n) is 8.06. The third-order valence-corrected chi connectivity index (χ3v) is 5.52. The molecule has 1 atom stereocenters. The minimum absolute atomic E-state index is 0.00322. The van der Waals surface area contributed by atoms with Crippen molar-refractivity contribution in [2.24, 2.45) is 5.41 Å². The van der Waals surface area contributed by atoms with Crippen molar-refractivity contribution in [2.75, 3.05) is 10.2 Å². The largest absolute Gasteiger partial charge is 0.489 e. The fraction of sp³-hybridized carbons (Fsp3) is 0.391. The van der Waals surface area contributed by atoms with Gasteiger partial charge in [0.1, 0.15) is 11.2 Å². The molecule has 0 bridgehead atoms. The Morgan fingerprint density at radius 2 is 1.79 bits per heavy atom. The molecule has 0 radical (unpaired) electrons. The van der Waals surface area contributed by atoms with Crippen LogP contribution in [0.1, 0.15) is 39.2 Å². The molecule has 1 aliphatic carbocycles. The molecule has 1 fully saturated rings. The van der Waals surface area contributed by atoms with Gasteiger partial charge in [0.25, 0.3) is 0 Å². The lowest BCUT2D eigenvalue weighted by Gasteiger charge is -2.27. The molecule has 2 amide bonds. The molecule has 0 spiro atoms. The van der Waals surface area contributed by atoms with Crippen LogP contribution in [0.25, 0.3) is 0 Å². The van der Waals surface area contributed by atoms with Crippen LogP contribution in [-0.4, -0.2) is 24.0 Å². The van der Waals surface area contributed by atoms with Gasteiger partial charge in [-0.25, -0.2) is 0 Å². The van der Waals surface area contributed by atoms with Crippen LogP contribution < -0.4 is 15.0 Å². The highest BCUT2D eigenvalue weighted by Crippen LogP contribution is 2.50. The summed E-state index contributed by atoms with van der Waals surface area (Å²) in [5, 5.41) is 2.95. The van der Waals surface area contributed by atoms with Crippen molar-refractivity contribution in [3.63, 3.8) is 0 Å². The Kier molecular flexibility index (Phi) is 4.61. The lowest BCUT2D eigenvalue weighted by molar-refractivity contribution is -0.132. The van der Waals surface area contributed by atoms with Crippen molar-refractivity contribution >= 4 is 23.2 Å². The van der Waals surface area contributed by atoms with Crippen molar-refractivity contribution < 1.29 is 14.3 Å². The maximum absolute atomic E-state index is 13.4. The second-order valence-corrected chi connectivity index (χ2v) is 8.06. The van der Waals surface area contributed by atoms with Crippen molar-refractivity contribution in [2.45, 2.75) is 52.2 Å². The number of anilines is 2. The zero-order valence-electron chi connectivity index (χ0n) is 16.6. The number of hydrogen-bond donors (Lipinski definition) is 1. The maximum atomic E-state index is 13.4. The molecule has 0 aromatic heterocycles. The van der Waals surface area contributed by atoms with Gasteiger partial charge in [-0.2, -0.15) is 0 Å². The topological polar surface area (TPSA) is 58.6 Å². The van der Waals surface area contributed by atoms with E-state index in [0.29, 0.717) is 24.3 Å². The van der Waals surface area contributed by atoms with E-state index in [0.717, 1.165) is 17.7 Å². The molecular formula is C23H26N2O3. The normalized spacial score (nSPS) is 19.3. The molecule has 1 unspecified atom stereocenters. The minimum Gasteiger partial charge on any atom is -0.489 e. The van der Waals surface area contributed by atoms with Crippen LogP contribution >= 0.6 is 0 Å². The van der Waals surface area contributed by atoms with E-state index in [4.69, 9.17) is 4.74 Å². The number of nitrogens with one attached hydrogen (secondary N) is 1. The third-order valence-electron chi connectivity index (χ3n) is 5.52. The van der Waals surface area contributed by atoms with Crippen LogP contribution in [0.2, 0.25) is 0 Å². The molecule has 2 aliphatic rings. The van der Waals surface area contributed by atoms with Crippen molar-refractivity contribution in [1.82, 2.24) is 0 Å². The minimum atomic E-state index is -0.976. The number of nitrogens with zero attached hydrogens (tertiary/aromatic N) is 1. The number of fused-ring (bicyclic) bond motifs is 1. The Labute approximate surface area is 165 Å². The predicted octanol–water partition coefficient (Wildman–Crippen LogP) is 4.17. The fourth-order valence-corrected chi connectivity index (χ4v) is 3.94. The highest BCUT2D eigenvalue weighted by Gasteiger charge is 2.59. The molecule has 4 rings (SSSR count). The molecule has 0 saturated heterocycles. The molecule has 5 nitrogen and oxygen atoms in total. The van der Waals surface area contributed by atoms with Gasteiger partial charge in [-0.15, -0.1) is 0 Å². The summed E-state index contributed by atoms with van der Waals surface area (Å²) in [6.45, 7) is 5.92. The third kappa shape index (κ3) is 3.15. The summed E-state index contributed by atoms with van der Waals surface area (Å²) in [5.74, 6) is 0.285. The van der Waals surface area contributed by atoms with Crippen LogP contribution in [0.5, 0.6) is 5.75 Å². The first kappa shape index (κ1) is 18.5. The average Bonchev–Trinajstić information content (AvgIpc) is 3.40. The summed E-state index contributed by atoms with van der Waals surface area (Å²) in [5.41, 5.74) is 1.73. The maximum Gasteiger partial charge on any atom is 0.242 e. The zero-order valence-corrected chi connectivity index (χ0v) is 16.6. The van der Waals surface area contributed by atoms with Crippen LogP contribution in [0.15, 0.2) is 48.5 Å². The van der Waals surface area contributed by atoms with Crippen molar-refractivity contribution in [1.29, 1.82) is 0 Å². The Balaban J connectivity index is 1.57. The standard InChI is InChI=1S/C23H26N2O3/c1-15(2)28-20-11-7-5-9-18(20)24-21(26)23(12-13-23)22(27)25-16(3)14-17-8-4-6-10-19(17)25/h4-11,15-16H,12-14H2,1-3H3,(H,24,26). The Bertz CT molecular complexity index is 918. The molecule has 2 aromatic carbocycles. The highest BCUT2D eigenvalue weighted by molar-refractivity contribution is 6.18. The van der Waals surface area contributed by atoms with Crippen molar-refractivity contribution in [3.05, 3.63) is 54.1 Å². The Morgan fingerprint density at radius 1 is 1.11 bits per heavy atom. The molecular weight excluding hydrogens is 352 g/mol. The second kappa shape index (κ2) is 6.97. The number of amides is 2. The fourth-order valence-electron chi connectivity index (χ4n) is 3.94. The summed E-state index contributed by atoms with van der Waals surface area (Å²) in [7, 11) is 0. The summed E-state index contributed by atoms with van der Waals surface area (Å²) >= 11 is 0. The van der Waals surface area contributed by atoms with E-state index in [1.165, 1.54) is 0 Å². The smallest absolute Gasteiger partial charge is 0.242 e. The molecule has 1 N–H and O–H groups in total. The van der Waals surface area contributed by atoms with Crippen molar-refractivity contribution in [3.8, 4) is 5.75 Å². The first-order valence-corrected chi connectivity index (χ1v) is 9.91. The van der Waals surface area contributed by atoms with Crippen LogP contribution in [0.3, 0.4) is 0 Å².